The van der Waals surface area contributed by atoms with Crippen LogP contribution in [0, 0.1) is 11.8 Å². The minimum atomic E-state index is -0.968. The molecular weight excluding hydrogens is 138 g/mol. The molecule has 0 N–H and O–H groups in total. The zero-order valence-corrected chi connectivity index (χ0v) is 8.45. The first-order valence-corrected chi connectivity index (χ1v) is 4.55. The van der Waals surface area contributed by atoms with Gasteiger partial charge in [0.1, 0.15) is 0 Å². The molecule has 0 radical (unpaired) electrons. The van der Waals surface area contributed by atoms with Gasteiger partial charge in [0.15, 0.2) is 7.85 Å². The third-order valence-corrected chi connectivity index (χ3v) is 2.41. The second-order valence-corrected chi connectivity index (χ2v) is 4.37. The summed E-state index contributed by atoms with van der Waals surface area (Å²) in [4.78, 5) is 0. The fourth-order valence-electron chi connectivity index (χ4n) is 0.860. The van der Waals surface area contributed by atoms with Crippen molar-refractivity contribution in [1.29, 1.82) is 0 Å². The highest BCUT2D eigenvalue weighted by molar-refractivity contribution is 6.14. The Morgan fingerprint density at radius 3 is 2.00 bits per heavy atom. The van der Waals surface area contributed by atoms with Crippen LogP contribution in [0.3, 0.4) is 0 Å². The SMILES string of the molecule is BC(F)(CCC(C)C)C(C)C. The van der Waals surface area contributed by atoms with E-state index >= 15 is 0 Å². The predicted molar refractivity (Wildman–Crippen MR) is 51.3 cm³/mol. The summed E-state index contributed by atoms with van der Waals surface area (Å²) >= 11 is 0. The van der Waals surface area contributed by atoms with Crippen LogP contribution in [0.5, 0.6) is 0 Å². The average molecular weight is 158 g/mol. The molecule has 0 aromatic carbocycles. The predicted octanol–water partition coefficient (Wildman–Crippen LogP) is 2.38. The monoisotopic (exact) mass is 158 g/mol. The average Bonchev–Trinajstić information content (AvgIpc) is 1.84. The van der Waals surface area contributed by atoms with Crippen molar-refractivity contribution in [3.63, 3.8) is 0 Å². The highest BCUT2D eigenvalue weighted by Gasteiger charge is 2.26. The number of hydrogen-bond donors (Lipinski definition) is 0. The normalized spacial score (nSPS) is 17.4. The van der Waals surface area contributed by atoms with Gasteiger partial charge in [0.05, 0.1) is 5.57 Å². The van der Waals surface area contributed by atoms with Crippen molar-refractivity contribution in [2.24, 2.45) is 11.8 Å². The number of alkyl halides is 1. The second kappa shape index (κ2) is 4.13. The lowest BCUT2D eigenvalue weighted by molar-refractivity contribution is 0.177. The highest BCUT2D eigenvalue weighted by atomic mass is 19.1. The quantitative estimate of drug-likeness (QED) is 0.551. The molecule has 0 rings (SSSR count). The molecule has 0 fully saturated rings. The molecule has 0 amide bonds. The van der Waals surface area contributed by atoms with Gasteiger partial charge in [0.25, 0.3) is 0 Å². The lowest BCUT2D eigenvalue weighted by Gasteiger charge is -2.25. The summed E-state index contributed by atoms with van der Waals surface area (Å²) in [6.07, 6.45) is 1.69. The Kier molecular flexibility index (Phi) is 4.13. The Labute approximate surface area is 71.0 Å². The van der Waals surface area contributed by atoms with Crippen LogP contribution < -0.4 is 0 Å². The van der Waals surface area contributed by atoms with Crippen LogP contribution >= 0.6 is 0 Å². The summed E-state index contributed by atoms with van der Waals surface area (Å²) in [5, 5.41) is 0. The van der Waals surface area contributed by atoms with Crippen molar-refractivity contribution < 1.29 is 4.39 Å². The molecule has 0 aliphatic heterocycles. The van der Waals surface area contributed by atoms with Gasteiger partial charge in [-0.25, -0.2) is 0 Å². The summed E-state index contributed by atoms with van der Waals surface area (Å²) in [5.41, 5.74) is -0.968. The maximum absolute atomic E-state index is 13.6. The molecule has 0 saturated heterocycles. The van der Waals surface area contributed by atoms with Gasteiger partial charge < -0.3 is 0 Å². The molecule has 11 heavy (non-hydrogen) atoms. The van der Waals surface area contributed by atoms with Crippen LogP contribution in [-0.4, -0.2) is 13.4 Å². The van der Waals surface area contributed by atoms with Gasteiger partial charge in [-0.1, -0.05) is 27.7 Å². The van der Waals surface area contributed by atoms with E-state index < -0.39 is 5.57 Å². The zero-order valence-electron chi connectivity index (χ0n) is 8.45. The maximum atomic E-state index is 13.6. The van der Waals surface area contributed by atoms with E-state index in [1.165, 1.54) is 0 Å². The molecule has 0 bridgehead atoms. The Morgan fingerprint density at radius 1 is 1.27 bits per heavy atom. The second-order valence-electron chi connectivity index (χ2n) is 4.37. The molecule has 0 spiro atoms. The number of rotatable bonds is 4. The lowest BCUT2D eigenvalue weighted by atomic mass is 9.71. The van der Waals surface area contributed by atoms with Gasteiger partial charge in [0, 0.05) is 0 Å². The molecule has 0 aromatic rings. The van der Waals surface area contributed by atoms with Crippen LogP contribution in [0.25, 0.3) is 0 Å². The number of halogens is 1. The van der Waals surface area contributed by atoms with Crippen LogP contribution in [0.4, 0.5) is 4.39 Å². The molecule has 0 aliphatic carbocycles. The van der Waals surface area contributed by atoms with E-state index in [1.54, 1.807) is 7.85 Å². The highest BCUT2D eigenvalue weighted by Crippen LogP contribution is 2.25. The van der Waals surface area contributed by atoms with Crippen LogP contribution in [-0.2, 0) is 0 Å². The van der Waals surface area contributed by atoms with E-state index in [4.69, 9.17) is 0 Å². The van der Waals surface area contributed by atoms with Crippen LogP contribution in [0.2, 0.25) is 0 Å². The maximum Gasteiger partial charge on any atom is 0.150 e. The van der Waals surface area contributed by atoms with Crippen molar-refractivity contribution in [3.05, 3.63) is 0 Å². The Balaban J connectivity index is 3.73. The molecule has 0 nitrogen and oxygen atoms in total. The topological polar surface area (TPSA) is 0 Å². The summed E-state index contributed by atoms with van der Waals surface area (Å²) in [6.45, 7) is 8.16. The molecule has 2 heteroatoms. The Morgan fingerprint density at radius 2 is 1.73 bits per heavy atom. The van der Waals surface area contributed by atoms with Crippen molar-refractivity contribution in [3.8, 4) is 0 Å². The Hall–Kier alpha value is -0.00506. The van der Waals surface area contributed by atoms with Gasteiger partial charge in [-0.2, -0.15) is 0 Å². The first-order chi connectivity index (χ1) is 4.86. The number of hydrogen-bond acceptors (Lipinski definition) is 0. The molecular formula is C9H20BF. The van der Waals surface area contributed by atoms with Crippen molar-refractivity contribution in [1.82, 2.24) is 0 Å². The summed E-state index contributed by atoms with van der Waals surface area (Å²) in [5.74, 6) is 0.755. The van der Waals surface area contributed by atoms with E-state index in [2.05, 4.69) is 13.8 Å². The van der Waals surface area contributed by atoms with Gasteiger partial charge in [-0.3, -0.25) is 4.39 Å². The van der Waals surface area contributed by atoms with Crippen molar-refractivity contribution in [2.45, 2.75) is 46.1 Å². The third-order valence-electron chi connectivity index (χ3n) is 2.41. The van der Waals surface area contributed by atoms with Gasteiger partial charge in [-0.05, 0) is 24.7 Å². The molecule has 0 saturated carbocycles. The van der Waals surface area contributed by atoms with Gasteiger partial charge >= 0.3 is 0 Å². The lowest BCUT2D eigenvalue weighted by Crippen LogP contribution is -2.30. The summed E-state index contributed by atoms with van der Waals surface area (Å²) < 4.78 is 13.6. The van der Waals surface area contributed by atoms with E-state index in [-0.39, 0.29) is 5.92 Å². The smallest absolute Gasteiger partial charge is 0.150 e. The standard InChI is InChI=1S/C9H20BF/c1-7(2)5-6-9(10,11)8(3)4/h7-8H,5-6,10H2,1-4H3. The summed E-state index contributed by atoms with van der Waals surface area (Å²) in [6, 6.07) is 0. The van der Waals surface area contributed by atoms with E-state index in [0.717, 1.165) is 6.42 Å². The minimum absolute atomic E-state index is 0.140. The molecule has 0 aromatic heterocycles. The van der Waals surface area contributed by atoms with E-state index in [1.807, 2.05) is 13.8 Å². The summed E-state index contributed by atoms with van der Waals surface area (Å²) in [7, 11) is 1.71. The fourth-order valence-corrected chi connectivity index (χ4v) is 0.860. The molecule has 0 aliphatic rings. The van der Waals surface area contributed by atoms with Crippen LogP contribution in [0.1, 0.15) is 40.5 Å². The van der Waals surface area contributed by atoms with E-state index in [9.17, 15) is 4.39 Å². The Bertz CT molecular complexity index is 108. The first kappa shape index (κ1) is 11.0. The largest absolute Gasteiger partial charge is 0.254 e. The van der Waals surface area contributed by atoms with Gasteiger partial charge in [-0.15, -0.1) is 0 Å². The van der Waals surface area contributed by atoms with Crippen molar-refractivity contribution >= 4 is 7.85 Å². The fraction of sp³-hybridized carbons (Fsp3) is 1.00. The van der Waals surface area contributed by atoms with Gasteiger partial charge in [0.2, 0.25) is 0 Å². The van der Waals surface area contributed by atoms with Crippen LogP contribution in [0.15, 0.2) is 0 Å². The molecule has 0 heterocycles. The third kappa shape index (κ3) is 4.44. The van der Waals surface area contributed by atoms with Crippen molar-refractivity contribution in [2.75, 3.05) is 0 Å². The van der Waals surface area contributed by atoms with E-state index in [0.29, 0.717) is 12.3 Å². The molecule has 1 unspecified atom stereocenters. The molecule has 1 atom stereocenters. The minimum Gasteiger partial charge on any atom is -0.254 e. The zero-order chi connectivity index (χ0) is 9.07. The molecule has 66 valence electrons. The first-order valence-electron chi connectivity index (χ1n) is 4.55.